The molecule has 4 atom stereocenters. The molecule has 2 aliphatic heterocycles. The number of esters is 3. The Balaban J connectivity index is 2.04. The lowest BCUT2D eigenvalue weighted by Crippen LogP contribution is -2.66. The number of hydrogen-bond acceptors (Lipinski definition) is 11. The summed E-state index contributed by atoms with van der Waals surface area (Å²) in [6, 6.07) is 0. The molecule has 2 heterocycles. The topological polar surface area (TPSA) is 124 Å². The van der Waals surface area contributed by atoms with E-state index < -0.39 is 40.7 Å². The number of halogens is 2. The number of nitrogens with zero attached hydrogens (tertiary/aromatic N) is 2. The summed E-state index contributed by atoms with van der Waals surface area (Å²) in [6.45, 7) is 21.4. The fraction of sp³-hybridized carbons (Fsp3) is 0.833. The van der Waals surface area contributed by atoms with Crippen LogP contribution in [0.2, 0.25) is 0 Å². The van der Waals surface area contributed by atoms with Crippen LogP contribution < -0.4 is 0 Å². The third-order valence-electron chi connectivity index (χ3n) is 7.78. The molecular weight excluding hydrogens is 786 g/mol. The number of alkyl halides is 2. The Morgan fingerprint density at radius 2 is 1.33 bits per heavy atom. The predicted octanol–water partition coefficient (Wildman–Crippen LogP) is 5.53. The van der Waals surface area contributed by atoms with Gasteiger partial charge in [-0.25, -0.2) is 4.79 Å². The van der Waals surface area contributed by atoms with Crippen LogP contribution in [-0.4, -0.2) is 95.3 Å². The maximum atomic E-state index is 12.4. The van der Waals surface area contributed by atoms with Crippen molar-refractivity contribution in [2.75, 3.05) is 19.8 Å². The van der Waals surface area contributed by atoms with E-state index in [4.69, 9.17) is 23.8 Å². The number of rotatable bonds is 13. The summed E-state index contributed by atoms with van der Waals surface area (Å²) in [6.07, 6.45) is 1.86. The van der Waals surface area contributed by atoms with E-state index in [0.29, 0.717) is 37.9 Å². The van der Waals surface area contributed by atoms with Crippen LogP contribution >= 0.6 is 45.2 Å². The number of carbonyl (C=O) groups excluding carboxylic acids is 3. The molecule has 0 saturated carbocycles. The minimum absolute atomic E-state index is 0.187. The molecular formula is C30H50I2N2O9. The van der Waals surface area contributed by atoms with E-state index in [1.165, 1.54) is 5.06 Å². The standard InChI is InChI=1S/C30H50I2N2O9/c1-19(11-12-39-25(36)20(2)31)42-23-13-27(4,5)33(38)30(10,16-23)18-41-34-28(6,7)14-22(15-29(34,8)9)43-24(35)17-40-26(37)21(3)32/h20-23,38H,1,11-18H2,2-10H3. The Bertz CT molecular complexity index is 1000. The van der Waals surface area contributed by atoms with Crippen LogP contribution in [0, 0.1) is 0 Å². The van der Waals surface area contributed by atoms with Crippen molar-refractivity contribution in [1.29, 1.82) is 0 Å². The zero-order chi connectivity index (χ0) is 33.0. The zero-order valence-electron chi connectivity index (χ0n) is 27.0. The van der Waals surface area contributed by atoms with Gasteiger partial charge >= 0.3 is 17.9 Å². The molecule has 2 aliphatic rings. The molecule has 0 spiro atoms. The lowest BCUT2D eigenvalue weighted by molar-refractivity contribution is -0.335. The minimum Gasteiger partial charge on any atom is -0.495 e. The number of carbonyl (C=O) groups is 3. The van der Waals surface area contributed by atoms with Gasteiger partial charge < -0.3 is 24.2 Å². The molecule has 2 rings (SSSR count). The largest absolute Gasteiger partial charge is 0.495 e. The number of hydroxylamine groups is 4. The van der Waals surface area contributed by atoms with Crippen LogP contribution in [0.4, 0.5) is 0 Å². The highest BCUT2D eigenvalue weighted by Crippen LogP contribution is 2.43. The molecule has 11 nitrogen and oxygen atoms in total. The Hall–Kier alpha value is -0.750. The second-order valence-corrected chi connectivity index (χ2v) is 17.5. The first-order chi connectivity index (χ1) is 19.6. The van der Waals surface area contributed by atoms with Crippen LogP contribution in [-0.2, 0) is 38.2 Å². The van der Waals surface area contributed by atoms with E-state index in [2.05, 4.69) is 6.58 Å². The summed E-state index contributed by atoms with van der Waals surface area (Å²) in [5, 5.41) is 14.6. The average molecular weight is 837 g/mol. The van der Waals surface area contributed by atoms with Gasteiger partial charge in [0, 0.05) is 48.7 Å². The van der Waals surface area contributed by atoms with E-state index in [-0.39, 0.29) is 39.2 Å². The summed E-state index contributed by atoms with van der Waals surface area (Å²) in [5.41, 5.74) is -2.42. The molecule has 43 heavy (non-hydrogen) atoms. The molecule has 0 aromatic carbocycles. The Labute approximate surface area is 283 Å². The van der Waals surface area contributed by atoms with Crippen LogP contribution in [0.3, 0.4) is 0 Å². The molecule has 13 heteroatoms. The van der Waals surface area contributed by atoms with Gasteiger partial charge in [-0.05, 0) is 62.3 Å². The van der Waals surface area contributed by atoms with Gasteiger partial charge in [-0.2, -0.15) is 10.1 Å². The highest BCUT2D eigenvalue weighted by molar-refractivity contribution is 14.1. The molecule has 248 valence electrons. The van der Waals surface area contributed by atoms with E-state index >= 15 is 0 Å². The van der Waals surface area contributed by atoms with Gasteiger partial charge in [0.15, 0.2) is 6.61 Å². The van der Waals surface area contributed by atoms with Crippen molar-refractivity contribution < 1.29 is 43.4 Å². The van der Waals surface area contributed by atoms with Gasteiger partial charge in [0.05, 0.1) is 24.5 Å². The first kappa shape index (κ1) is 38.4. The van der Waals surface area contributed by atoms with Gasteiger partial charge in [-0.1, -0.05) is 51.8 Å². The molecule has 0 aromatic heterocycles. The van der Waals surface area contributed by atoms with E-state index in [1.54, 1.807) is 13.8 Å². The van der Waals surface area contributed by atoms with Gasteiger partial charge in [0.25, 0.3) is 0 Å². The van der Waals surface area contributed by atoms with Gasteiger partial charge in [-0.15, -0.1) is 0 Å². The maximum Gasteiger partial charge on any atom is 0.344 e. The summed E-state index contributed by atoms with van der Waals surface area (Å²) in [4.78, 5) is 42.4. The minimum atomic E-state index is -0.787. The van der Waals surface area contributed by atoms with Gasteiger partial charge in [-0.3, -0.25) is 14.4 Å². The summed E-state index contributed by atoms with van der Waals surface area (Å²) in [5.74, 6) is -0.772. The van der Waals surface area contributed by atoms with Crippen LogP contribution in [0.1, 0.15) is 94.4 Å². The molecule has 0 radical (unpaired) electrons. The number of piperidine rings is 2. The second kappa shape index (κ2) is 15.2. The smallest absolute Gasteiger partial charge is 0.344 e. The lowest BCUT2D eigenvalue weighted by Gasteiger charge is -2.56. The SMILES string of the molecule is C=C(CCOC(=O)C(C)I)OC1CC(C)(C)N(O)C(C)(CON2C(C)(C)CC(OC(=O)COC(=O)C(C)I)CC2(C)C)C1. The first-order valence-electron chi connectivity index (χ1n) is 14.7. The first-order valence-corrected chi connectivity index (χ1v) is 17.2. The predicted molar refractivity (Wildman–Crippen MR) is 178 cm³/mol. The Morgan fingerprint density at radius 3 is 1.86 bits per heavy atom. The van der Waals surface area contributed by atoms with E-state index in [0.717, 1.165) is 0 Å². The van der Waals surface area contributed by atoms with Gasteiger partial charge in [0.1, 0.15) is 20.1 Å². The van der Waals surface area contributed by atoms with Crippen molar-refractivity contribution in [1.82, 2.24) is 10.1 Å². The highest BCUT2D eigenvalue weighted by atomic mass is 127. The van der Waals surface area contributed by atoms with Crippen molar-refractivity contribution in [3.63, 3.8) is 0 Å². The molecule has 0 amide bonds. The van der Waals surface area contributed by atoms with Crippen molar-refractivity contribution in [3.05, 3.63) is 12.3 Å². The van der Waals surface area contributed by atoms with E-state index in [9.17, 15) is 19.6 Å². The quantitative estimate of drug-likeness (QED) is 0.0829. The molecule has 0 aliphatic carbocycles. The van der Waals surface area contributed by atoms with Crippen molar-refractivity contribution in [2.24, 2.45) is 0 Å². The van der Waals surface area contributed by atoms with Crippen LogP contribution in [0.25, 0.3) is 0 Å². The summed E-state index contributed by atoms with van der Waals surface area (Å²) in [7, 11) is 0. The molecule has 1 N–H and O–H groups in total. The van der Waals surface area contributed by atoms with Gasteiger partial charge in [0.2, 0.25) is 0 Å². The zero-order valence-corrected chi connectivity index (χ0v) is 31.4. The van der Waals surface area contributed by atoms with Crippen molar-refractivity contribution in [2.45, 2.75) is 137 Å². The number of hydrogen-bond donors (Lipinski definition) is 1. The third kappa shape index (κ3) is 10.9. The Kier molecular flexibility index (Phi) is 13.6. The number of ether oxygens (including phenoxy) is 4. The molecule has 0 bridgehead atoms. The molecule has 4 unspecified atom stereocenters. The Morgan fingerprint density at radius 1 is 0.837 bits per heavy atom. The van der Waals surface area contributed by atoms with E-state index in [1.807, 2.05) is 98.7 Å². The highest BCUT2D eigenvalue weighted by Gasteiger charge is 2.52. The lowest BCUT2D eigenvalue weighted by atomic mass is 9.79. The third-order valence-corrected chi connectivity index (χ3v) is 8.79. The van der Waals surface area contributed by atoms with Crippen molar-refractivity contribution >= 4 is 63.1 Å². The fourth-order valence-corrected chi connectivity index (χ4v) is 6.53. The second-order valence-electron chi connectivity index (χ2n) is 13.8. The van der Waals surface area contributed by atoms with Crippen molar-refractivity contribution in [3.8, 4) is 0 Å². The fourth-order valence-electron chi connectivity index (χ4n) is 6.17. The monoisotopic (exact) mass is 836 g/mol. The van der Waals surface area contributed by atoms with Crippen LogP contribution in [0.5, 0.6) is 0 Å². The molecule has 0 aromatic rings. The summed E-state index contributed by atoms with van der Waals surface area (Å²) >= 11 is 3.95. The van der Waals surface area contributed by atoms with Crippen LogP contribution in [0.15, 0.2) is 12.3 Å². The molecule has 2 saturated heterocycles. The summed E-state index contributed by atoms with van der Waals surface area (Å²) < 4.78 is 21.6. The maximum absolute atomic E-state index is 12.4. The molecule has 2 fully saturated rings. The normalized spacial score (nSPS) is 27.0. The average Bonchev–Trinajstić information content (AvgIpc) is 2.83.